The number of fused-ring (bicyclic) bond motifs is 1. The quantitative estimate of drug-likeness (QED) is 0.659. The van der Waals surface area contributed by atoms with Crippen LogP contribution in [-0.2, 0) is 10.1 Å². The lowest BCUT2D eigenvalue weighted by molar-refractivity contribution is 0.487. The zero-order chi connectivity index (χ0) is 17.3. The van der Waals surface area contributed by atoms with Crippen LogP contribution >= 0.6 is 0 Å². The molecular weight excluding hydrogens is 322 g/mol. The maximum atomic E-state index is 12.8. The van der Waals surface area contributed by atoms with Crippen molar-refractivity contribution in [1.29, 1.82) is 0 Å². The topological polar surface area (TPSA) is 56.3 Å². The third-order valence-electron chi connectivity index (χ3n) is 3.94. The van der Waals surface area contributed by atoms with Crippen LogP contribution < -0.4 is 4.18 Å². The van der Waals surface area contributed by atoms with Gasteiger partial charge in [-0.2, -0.15) is 8.42 Å². The predicted octanol–water partition coefficient (Wildman–Crippen LogP) is 4.43. The van der Waals surface area contributed by atoms with E-state index in [4.69, 9.17) is 4.18 Å². The van der Waals surface area contributed by atoms with Gasteiger partial charge in [-0.15, -0.1) is 0 Å². The number of hydrogen-bond donors (Lipinski definition) is 0. The molecule has 0 aliphatic carbocycles. The maximum absolute atomic E-state index is 12.8. The summed E-state index contributed by atoms with van der Waals surface area (Å²) in [5.41, 5.74) is 2.15. The molecule has 1 aromatic heterocycles. The fourth-order valence-corrected chi connectivity index (χ4v) is 3.76. The second kappa shape index (κ2) is 6.24. The normalized spacial score (nSPS) is 11.8. The van der Waals surface area contributed by atoms with Crippen LogP contribution in [0, 0.1) is 6.92 Å². The summed E-state index contributed by atoms with van der Waals surface area (Å²) in [5, 5.41) is 0.831. The average molecular weight is 341 g/mol. The molecule has 0 aliphatic rings. The molecule has 0 radical (unpaired) electrons. The summed E-state index contributed by atoms with van der Waals surface area (Å²) < 4.78 is 31.0. The van der Waals surface area contributed by atoms with Crippen molar-refractivity contribution in [3.63, 3.8) is 0 Å². The van der Waals surface area contributed by atoms with Crippen molar-refractivity contribution in [3.8, 4) is 5.75 Å². The Kier molecular flexibility index (Phi) is 4.28. The maximum Gasteiger partial charge on any atom is 0.339 e. The van der Waals surface area contributed by atoms with E-state index in [1.54, 1.807) is 37.4 Å². The summed E-state index contributed by atoms with van der Waals surface area (Å²) in [6.45, 7) is 5.81. The second-order valence-electron chi connectivity index (χ2n) is 6.05. The highest BCUT2D eigenvalue weighted by Gasteiger charge is 2.21. The van der Waals surface area contributed by atoms with Gasteiger partial charge in [-0.25, -0.2) is 0 Å². The van der Waals surface area contributed by atoms with Crippen LogP contribution in [-0.4, -0.2) is 13.4 Å². The molecule has 0 saturated carbocycles. The van der Waals surface area contributed by atoms with Crippen molar-refractivity contribution < 1.29 is 12.6 Å². The van der Waals surface area contributed by atoms with Crippen LogP contribution in [0.1, 0.15) is 30.9 Å². The first-order valence-electron chi connectivity index (χ1n) is 7.77. The molecule has 0 aliphatic heterocycles. The average Bonchev–Trinajstić information content (AvgIpc) is 2.55. The summed E-state index contributed by atoms with van der Waals surface area (Å²) in [4.78, 5) is 4.43. The van der Waals surface area contributed by atoms with Gasteiger partial charge in [0.05, 0.1) is 0 Å². The molecule has 0 N–H and O–H groups in total. The van der Waals surface area contributed by atoms with Gasteiger partial charge in [0.25, 0.3) is 0 Å². The van der Waals surface area contributed by atoms with E-state index < -0.39 is 10.1 Å². The molecular formula is C19H19NO3S. The van der Waals surface area contributed by atoms with Gasteiger partial charge in [0, 0.05) is 11.6 Å². The van der Waals surface area contributed by atoms with Gasteiger partial charge < -0.3 is 4.18 Å². The van der Waals surface area contributed by atoms with E-state index in [1.807, 2.05) is 38.1 Å². The van der Waals surface area contributed by atoms with E-state index in [0.29, 0.717) is 11.1 Å². The van der Waals surface area contributed by atoms with E-state index in [9.17, 15) is 8.42 Å². The highest BCUT2D eigenvalue weighted by molar-refractivity contribution is 7.87. The molecule has 0 spiro atoms. The highest BCUT2D eigenvalue weighted by Crippen LogP contribution is 2.29. The third kappa shape index (κ3) is 3.12. The predicted molar refractivity (Wildman–Crippen MR) is 94.8 cm³/mol. The fraction of sp³-hybridized carbons (Fsp3) is 0.211. The fourth-order valence-electron chi connectivity index (χ4n) is 2.55. The summed E-state index contributed by atoms with van der Waals surface area (Å²) >= 11 is 0. The molecule has 124 valence electrons. The van der Waals surface area contributed by atoms with Gasteiger partial charge in [0.2, 0.25) is 0 Å². The van der Waals surface area contributed by atoms with Crippen molar-refractivity contribution in [2.45, 2.75) is 31.6 Å². The van der Waals surface area contributed by atoms with E-state index >= 15 is 0 Å². The van der Waals surface area contributed by atoms with Gasteiger partial charge in [-0.1, -0.05) is 44.2 Å². The van der Waals surface area contributed by atoms with Crippen LogP contribution in [0.3, 0.4) is 0 Å². The Balaban J connectivity index is 2.07. The van der Waals surface area contributed by atoms with Crippen LogP contribution in [0.2, 0.25) is 0 Å². The van der Waals surface area contributed by atoms with Crippen molar-refractivity contribution in [2.75, 3.05) is 0 Å². The minimum atomic E-state index is -3.93. The highest BCUT2D eigenvalue weighted by atomic mass is 32.2. The van der Waals surface area contributed by atoms with Gasteiger partial charge in [0.15, 0.2) is 5.75 Å². The summed E-state index contributed by atoms with van der Waals surface area (Å²) in [6.07, 6.45) is 1.62. The van der Waals surface area contributed by atoms with Crippen LogP contribution in [0.15, 0.2) is 59.6 Å². The van der Waals surface area contributed by atoms with E-state index in [-0.39, 0.29) is 16.6 Å². The SMILES string of the molecule is Cc1ccc(C(C)C)cc1S(=O)(=O)Oc1cccc2cccnc12. The number of rotatable bonds is 4. The molecule has 3 rings (SSSR count). The minimum Gasteiger partial charge on any atom is -0.377 e. The summed E-state index contributed by atoms with van der Waals surface area (Å²) in [7, 11) is -3.93. The number of nitrogens with zero attached hydrogens (tertiary/aromatic N) is 1. The van der Waals surface area contributed by atoms with Gasteiger partial charge in [0.1, 0.15) is 10.4 Å². The number of benzene rings is 2. The van der Waals surface area contributed by atoms with Gasteiger partial charge in [-0.05, 0) is 42.2 Å². The number of aromatic nitrogens is 1. The number of hydrogen-bond acceptors (Lipinski definition) is 4. The first-order valence-corrected chi connectivity index (χ1v) is 9.18. The van der Waals surface area contributed by atoms with Crippen molar-refractivity contribution in [1.82, 2.24) is 4.98 Å². The zero-order valence-corrected chi connectivity index (χ0v) is 14.7. The molecule has 0 fully saturated rings. The lowest BCUT2D eigenvalue weighted by Gasteiger charge is -2.13. The minimum absolute atomic E-state index is 0.196. The third-order valence-corrected chi connectivity index (χ3v) is 5.32. The smallest absolute Gasteiger partial charge is 0.339 e. The molecule has 0 bridgehead atoms. The molecule has 0 amide bonds. The van der Waals surface area contributed by atoms with Crippen LogP contribution in [0.5, 0.6) is 5.75 Å². The summed E-state index contributed by atoms with van der Waals surface area (Å²) in [5.74, 6) is 0.473. The number of aryl methyl sites for hydroxylation is 1. The van der Waals surface area contributed by atoms with Gasteiger partial charge in [-0.3, -0.25) is 4.98 Å². The molecule has 2 aromatic carbocycles. The Hall–Kier alpha value is -2.40. The Morgan fingerprint density at radius 3 is 2.54 bits per heavy atom. The molecule has 3 aromatic rings. The molecule has 4 nitrogen and oxygen atoms in total. The Bertz CT molecular complexity index is 989. The molecule has 24 heavy (non-hydrogen) atoms. The standard InChI is InChI=1S/C19H19NO3S/c1-13(2)16-10-9-14(3)18(12-16)24(21,22)23-17-8-4-6-15-7-5-11-20-19(15)17/h4-13H,1-3H3. The second-order valence-corrected chi connectivity index (χ2v) is 7.56. The Labute approximate surface area is 142 Å². The van der Waals surface area contributed by atoms with Gasteiger partial charge >= 0.3 is 10.1 Å². The zero-order valence-electron chi connectivity index (χ0n) is 13.9. The monoisotopic (exact) mass is 341 g/mol. The van der Waals surface area contributed by atoms with Crippen LogP contribution in [0.25, 0.3) is 10.9 Å². The lowest BCUT2D eigenvalue weighted by atomic mass is 10.0. The largest absolute Gasteiger partial charge is 0.377 e. The van der Waals surface area contributed by atoms with E-state index in [0.717, 1.165) is 10.9 Å². The molecule has 0 atom stereocenters. The van der Waals surface area contributed by atoms with Crippen molar-refractivity contribution in [3.05, 3.63) is 65.9 Å². The number of para-hydroxylation sites is 1. The summed E-state index contributed by atoms with van der Waals surface area (Å²) in [6, 6.07) is 14.4. The molecule has 5 heteroatoms. The van der Waals surface area contributed by atoms with Crippen molar-refractivity contribution in [2.24, 2.45) is 0 Å². The Morgan fingerprint density at radius 2 is 1.79 bits per heavy atom. The molecule has 1 heterocycles. The number of pyridine rings is 1. The van der Waals surface area contributed by atoms with Crippen molar-refractivity contribution >= 4 is 21.0 Å². The first kappa shape index (κ1) is 16.5. The first-order chi connectivity index (χ1) is 11.4. The van der Waals surface area contributed by atoms with E-state index in [2.05, 4.69) is 4.98 Å². The molecule has 0 saturated heterocycles. The lowest BCUT2D eigenvalue weighted by Crippen LogP contribution is -2.12. The van der Waals surface area contributed by atoms with E-state index in [1.165, 1.54) is 0 Å². The Morgan fingerprint density at radius 1 is 1.04 bits per heavy atom. The molecule has 0 unspecified atom stereocenters. The van der Waals surface area contributed by atoms with Crippen LogP contribution in [0.4, 0.5) is 0 Å².